The monoisotopic (exact) mass is 384 g/mol. The molecule has 26 heavy (non-hydrogen) atoms. The van der Waals surface area contributed by atoms with Crippen LogP contribution >= 0.6 is 8.25 Å². The summed E-state index contributed by atoms with van der Waals surface area (Å²) in [6.07, 6.45) is -3.38. The fourth-order valence-corrected chi connectivity index (χ4v) is 2.56. The highest BCUT2D eigenvalue weighted by molar-refractivity contribution is 7.33. The summed E-state index contributed by atoms with van der Waals surface area (Å²) < 4.78 is 21.2. The van der Waals surface area contributed by atoms with Gasteiger partial charge in [-0.2, -0.15) is 0 Å². The molecule has 0 bridgehead atoms. The lowest BCUT2D eigenvalue weighted by molar-refractivity contribution is -0.385. The van der Waals surface area contributed by atoms with Crippen LogP contribution in [0.2, 0.25) is 0 Å². The van der Waals surface area contributed by atoms with E-state index in [9.17, 15) is 35.0 Å². The van der Waals surface area contributed by atoms with E-state index in [1.807, 2.05) is 0 Å². The van der Waals surface area contributed by atoms with Crippen molar-refractivity contribution in [2.45, 2.75) is 12.6 Å². The zero-order valence-electron chi connectivity index (χ0n) is 12.9. The number of non-ortho nitro benzene ring substituents is 2. The number of hydrogen-bond donors (Lipinski definition) is 2. The fourth-order valence-electron chi connectivity index (χ4n) is 1.87. The fraction of sp³-hybridized carbons (Fsp3) is 0.143. The van der Waals surface area contributed by atoms with Crippen molar-refractivity contribution in [2.75, 3.05) is 0 Å². The summed E-state index contributed by atoms with van der Waals surface area (Å²) in [6, 6.07) is 9.37. The summed E-state index contributed by atoms with van der Waals surface area (Å²) in [6.45, 7) is 0. The normalized spacial score (nSPS) is 14.4. The molecule has 2 rings (SSSR count). The Bertz CT molecular complexity index is 743. The van der Waals surface area contributed by atoms with Gasteiger partial charge in [-0.25, -0.2) is 0 Å². The molecule has 0 saturated heterocycles. The van der Waals surface area contributed by atoms with E-state index < -0.39 is 30.7 Å². The predicted molar refractivity (Wildman–Crippen MR) is 87.3 cm³/mol. The van der Waals surface area contributed by atoms with Crippen molar-refractivity contribution < 1.29 is 33.7 Å². The molecular weight excluding hydrogens is 371 g/mol. The molecule has 0 aliphatic heterocycles. The zero-order chi connectivity index (χ0) is 19.3. The van der Waals surface area contributed by atoms with Gasteiger partial charge in [-0.1, -0.05) is 0 Å². The van der Waals surface area contributed by atoms with E-state index in [0.717, 1.165) is 24.3 Å². The SMILES string of the molecule is O=[N+]([O-])c1ccc(C(O)O[PH](=O)OC(O)c2ccc([N+](=O)[O-])cc2)cc1. The van der Waals surface area contributed by atoms with Gasteiger partial charge in [-0.15, -0.1) is 0 Å². The van der Waals surface area contributed by atoms with Crippen LogP contribution in [-0.4, -0.2) is 20.1 Å². The Morgan fingerprint density at radius 1 is 0.769 bits per heavy atom. The number of aliphatic hydroxyl groups is 2. The first-order chi connectivity index (χ1) is 12.3. The van der Waals surface area contributed by atoms with Crippen LogP contribution in [0.4, 0.5) is 11.4 Å². The summed E-state index contributed by atoms with van der Waals surface area (Å²) in [7, 11) is -3.35. The van der Waals surface area contributed by atoms with Crippen LogP contribution in [0.15, 0.2) is 48.5 Å². The van der Waals surface area contributed by atoms with Gasteiger partial charge in [-0.3, -0.25) is 33.8 Å². The van der Waals surface area contributed by atoms with Crippen LogP contribution < -0.4 is 0 Å². The van der Waals surface area contributed by atoms with Gasteiger partial charge in [0.05, 0.1) is 9.85 Å². The van der Waals surface area contributed by atoms with E-state index in [0.29, 0.717) is 0 Å². The molecule has 11 nitrogen and oxygen atoms in total. The molecule has 0 spiro atoms. The molecule has 0 fully saturated rings. The van der Waals surface area contributed by atoms with E-state index in [4.69, 9.17) is 9.05 Å². The topological polar surface area (TPSA) is 162 Å². The zero-order valence-corrected chi connectivity index (χ0v) is 13.9. The summed E-state index contributed by atoms with van der Waals surface area (Å²) >= 11 is 0. The van der Waals surface area contributed by atoms with Crippen LogP contribution in [0, 0.1) is 20.2 Å². The number of nitro groups is 2. The minimum absolute atomic E-state index is 0.0994. The average molecular weight is 384 g/mol. The van der Waals surface area contributed by atoms with E-state index >= 15 is 0 Å². The van der Waals surface area contributed by atoms with Gasteiger partial charge >= 0.3 is 8.25 Å². The van der Waals surface area contributed by atoms with Crippen molar-refractivity contribution in [3.63, 3.8) is 0 Å². The number of aliphatic hydroxyl groups excluding tert-OH is 2. The van der Waals surface area contributed by atoms with E-state index in [-0.39, 0.29) is 22.5 Å². The molecule has 0 amide bonds. The summed E-state index contributed by atoms with van der Waals surface area (Å²) in [5, 5.41) is 40.7. The lowest BCUT2D eigenvalue weighted by Gasteiger charge is -2.15. The second-order valence-corrected chi connectivity index (χ2v) is 5.86. The molecule has 0 aliphatic rings. The molecular formula is C14H13N2O9P. The van der Waals surface area contributed by atoms with Crippen LogP contribution in [0.25, 0.3) is 0 Å². The number of nitrogens with zero attached hydrogens (tertiary/aromatic N) is 2. The van der Waals surface area contributed by atoms with Crippen molar-refractivity contribution in [3.8, 4) is 0 Å². The Morgan fingerprint density at radius 3 is 1.35 bits per heavy atom. The van der Waals surface area contributed by atoms with Crippen LogP contribution in [0.5, 0.6) is 0 Å². The van der Waals surface area contributed by atoms with Gasteiger partial charge in [0.15, 0.2) is 12.6 Å². The molecule has 0 aliphatic carbocycles. The Morgan fingerprint density at radius 2 is 1.08 bits per heavy atom. The van der Waals surface area contributed by atoms with Gasteiger partial charge in [0.2, 0.25) is 0 Å². The number of benzene rings is 2. The lowest BCUT2D eigenvalue weighted by Crippen LogP contribution is -2.03. The third-order valence-electron chi connectivity index (χ3n) is 3.19. The lowest BCUT2D eigenvalue weighted by atomic mass is 10.2. The Balaban J connectivity index is 1.94. The molecule has 2 N–H and O–H groups in total. The van der Waals surface area contributed by atoms with Crippen molar-refractivity contribution >= 4 is 19.6 Å². The average Bonchev–Trinajstić information content (AvgIpc) is 2.61. The number of nitro benzene ring substituents is 2. The summed E-state index contributed by atoms with van der Waals surface area (Å²) in [5.41, 5.74) is -0.193. The number of hydrogen-bond acceptors (Lipinski definition) is 9. The van der Waals surface area contributed by atoms with E-state index in [1.54, 1.807) is 0 Å². The Hall–Kier alpha value is -2.69. The third kappa shape index (κ3) is 5.15. The predicted octanol–water partition coefficient (Wildman–Crippen LogP) is 2.61. The second-order valence-electron chi connectivity index (χ2n) is 4.89. The molecule has 2 atom stereocenters. The molecule has 0 radical (unpaired) electrons. The molecule has 0 saturated carbocycles. The first kappa shape index (κ1) is 19.6. The van der Waals surface area contributed by atoms with Crippen molar-refractivity contribution in [2.24, 2.45) is 0 Å². The highest BCUT2D eigenvalue weighted by Gasteiger charge is 2.18. The standard InChI is InChI=1S/C14H13N2O9P/c17-13(9-1-5-11(6-2-9)15(19)20)24-26(23)25-14(18)10-3-7-12(8-4-10)16(21)22/h1-8,13-14,17-18,26H. The van der Waals surface area contributed by atoms with Crippen LogP contribution in [0.3, 0.4) is 0 Å². The largest absolute Gasteiger partial charge is 0.364 e. The van der Waals surface area contributed by atoms with Gasteiger partial charge in [0.1, 0.15) is 0 Å². The van der Waals surface area contributed by atoms with Crippen LogP contribution in [-0.2, 0) is 13.6 Å². The summed E-state index contributed by atoms with van der Waals surface area (Å²) in [5.74, 6) is 0. The van der Waals surface area contributed by atoms with E-state index in [1.165, 1.54) is 24.3 Å². The Labute approximate surface area is 146 Å². The Kier molecular flexibility index (Phi) is 6.50. The minimum atomic E-state index is -3.35. The molecule has 138 valence electrons. The van der Waals surface area contributed by atoms with Gasteiger partial charge in [-0.05, 0) is 24.3 Å². The maximum Gasteiger partial charge on any atom is 0.324 e. The summed E-state index contributed by atoms with van der Waals surface area (Å²) in [4.78, 5) is 19.9. The molecule has 2 aromatic carbocycles. The maximum absolute atomic E-state index is 11.8. The smallest absolute Gasteiger partial charge is 0.324 e. The molecule has 12 heteroatoms. The van der Waals surface area contributed by atoms with Crippen LogP contribution in [0.1, 0.15) is 23.7 Å². The molecule has 0 aromatic heterocycles. The van der Waals surface area contributed by atoms with Crippen molar-refractivity contribution in [3.05, 3.63) is 79.9 Å². The van der Waals surface area contributed by atoms with Crippen molar-refractivity contribution in [1.82, 2.24) is 0 Å². The highest BCUT2D eigenvalue weighted by Crippen LogP contribution is 2.36. The first-order valence-electron chi connectivity index (χ1n) is 7.00. The second kappa shape index (κ2) is 8.61. The highest BCUT2D eigenvalue weighted by atomic mass is 31.1. The van der Waals surface area contributed by atoms with E-state index in [2.05, 4.69) is 0 Å². The quantitative estimate of drug-likeness (QED) is 0.301. The van der Waals surface area contributed by atoms with Gasteiger partial charge < -0.3 is 10.2 Å². The maximum atomic E-state index is 11.8. The molecule has 2 aromatic rings. The minimum Gasteiger partial charge on any atom is -0.364 e. The molecule has 0 heterocycles. The van der Waals surface area contributed by atoms with Gasteiger partial charge in [0.25, 0.3) is 11.4 Å². The molecule has 2 unspecified atom stereocenters. The van der Waals surface area contributed by atoms with Gasteiger partial charge in [0, 0.05) is 35.4 Å². The number of rotatable bonds is 8. The first-order valence-corrected chi connectivity index (χ1v) is 8.22. The van der Waals surface area contributed by atoms with Crippen molar-refractivity contribution in [1.29, 1.82) is 0 Å². The third-order valence-corrected chi connectivity index (χ3v) is 4.03.